The lowest BCUT2D eigenvalue weighted by molar-refractivity contribution is 0.0999. The van der Waals surface area contributed by atoms with Crippen molar-refractivity contribution in [3.63, 3.8) is 0 Å². The minimum Gasteiger partial charge on any atom is -0.366 e. The largest absolute Gasteiger partial charge is 0.366 e. The smallest absolute Gasteiger partial charge is 0.248 e. The van der Waals surface area contributed by atoms with E-state index in [1.54, 1.807) is 6.07 Å². The number of primary amides is 1. The third-order valence-electron chi connectivity index (χ3n) is 8.58. The Morgan fingerprint density at radius 2 is 1.63 bits per heavy atom. The molecule has 1 fully saturated rings. The van der Waals surface area contributed by atoms with E-state index >= 15 is 0 Å². The molecule has 3 aliphatic rings. The van der Waals surface area contributed by atoms with Gasteiger partial charge in [0.25, 0.3) is 0 Å². The van der Waals surface area contributed by atoms with Crippen LogP contribution in [-0.4, -0.2) is 16.6 Å². The van der Waals surface area contributed by atoms with E-state index in [-0.39, 0.29) is 5.91 Å². The topological polar surface area (TPSA) is 92.4 Å². The number of anilines is 1. The van der Waals surface area contributed by atoms with Crippen LogP contribution in [0.5, 0.6) is 0 Å². The molecule has 1 aliphatic carbocycles. The van der Waals surface area contributed by atoms with Gasteiger partial charge in [0.2, 0.25) is 5.91 Å². The third kappa shape index (κ3) is 6.75. The van der Waals surface area contributed by atoms with Gasteiger partial charge in [-0.05, 0) is 78.8 Å². The van der Waals surface area contributed by atoms with Gasteiger partial charge < -0.3 is 5.73 Å². The number of fused-ring (bicyclic) bond motifs is 3. The molecule has 1 saturated carbocycles. The highest BCUT2D eigenvalue weighted by Gasteiger charge is 2.27. The Morgan fingerprint density at radius 1 is 0.895 bits per heavy atom. The van der Waals surface area contributed by atoms with Crippen LogP contribution >= 0.6 is 0 Å². The van der Waals surface area contributed by atoms with E-state index in [1.165, 1.54) is 76.2 Å². The van der Waals surface area contributed by atoms with Gasteiger partial charge in [-0.25, -0.2) is 4.99 Å². The minimum atomic E-state index is -0.372. The molecule has 1 aromatic carbocycles. The number of rotatable bonds is 1. The van der Waals surface area contributed by atoms with Crippen molar-refractivity contribution in [1.82, 2.24) is 10.4 Å². The molecule has 4 bridgehead atoms. The van der Waals surface area contributed by atoms with Gasteiger partial charge in [-0.2, -0.15) is 0 Å². The van der Waals surface area contributed by atoms with Crippen LogP contribution in [0.25, 0.3) is 0 Å². The molecule has 6 nitrogen and oxygen atoms in total. The summed E-state index contributed by atoms with van der Waals surface area (Å²) in [5.74, 6) is 4.39. The summed E-state index contributed by atoms with van der Waals surface area (Å²) in [6.07, 6.45) is 20.2. The fourth-order valence-corrected chi connectivity index (χ4v) is 6.53. The van der Waals surface area contributed by atoms with E-state index in [4.69, 9.17) is 10.7 Å². The Balaban J connectivity index is 1.33. The predicted molar refractivity (Wildman–Crippen MR) is 154 cm³/mol. The first-order chi connectivity index (χ1) is 18.7. The molecule has 1 aromatic heterocycles. The summed E-state index contributed by atoms with van der Waals surface area (Å²) in [6, 6.07) is 10.8. The second kappa shape index (κ2) is 13.0. The van der Waals surface area contributed by atoms with Crippen molar-refractivity contribution in [2.24, 2.45) is 22.6 Å². The van der Waals surface area contributed by atoms with E-state index < -0.39 is 0 Å². The van der Waals surface area contributed by atoms with Crippen LogP contribution in [0.2, 0.25) is 0 Å². The zero-order chi connectivity index (χ0) is 26.2. The Kier molecular flexibility index (Phi) is 8.96. The first-order valence-corrected chi connectivity index (χ1v) is 14.7. The number of nitrogens with two attached hydrogens (primary N) is 1. The first kappa shape index (κ1) is 26.3. The van der Waals surface area contributed by atoms with Gasteiger partial charge in [-0.1, -0.05) is 64.2 Å². The number of carbonyl (C=O) groups excluding carboxylic acids is 1. The van der Waals surface area contributed by atoms with Gasteiger partial charge >= 0.3 is 0 Å². The lowest BCUT2D eigenvalue weighted by atomic mass is 9.74. The second-order valence-electron chi connectivity index (χ2n) is 11.3. The highest BCUT2D eigenvalue weighted by Crippen LogP contribution is 2.39. The average molecular weight is 512 g/mol. The van der Waals surface area contributed by atoms with E-state index in [0.717, 1.165) is 59.4 Å². The van der Waals surface area contributed by atoms with Gasteiger partial charge in [-0.3, -0.25) is 20.6 Å². The molecule has 3 heterocycles. The Labute approximate surface area is 227 Å². The maximum atomic E-state index is 12.0. The number of hydrogen-bond acceptors (Lipinski definition) is 5. The van der Waals surface area contributed by atoms with Crippen LogP contribution in [0.15, 0.2) is 35.5 Å². The fraction of sp³-hybridized carbons (Fsp3) is 0.531. The number of nitrogens with zero attached hydrogens (tertiary/aromatic N) is 2. The summed E-state index contributed by atoms with van der Waals surface area (Å²) in [7, 11) is 0. The van der Waals surface area contributed by atoms with Crippen molar-refractivity contribution in [3.05, 3.63) is 52.8 Å². The number of nitrogens with one attached hydrogen (secondary N) is 2. The normalized spacial score (nSPS) is 22.5. The van der Waals surface area contributed by atoms with Gasteiger partial charge in [0.05, 0.1) is 22.8 Å². The summed E-state index contributed by atoms with van der Waals surface area (Å²) in [4.78, 5) is 21.5. The molecule has 0 radical (unpaired) electrons. The number of aliphatic imine (C=N–C) groups is 1. The number of aromatic nitrogens is 1. The summed E-state index contributed by atoms with van der Waals surface area (Å²) in [6.45, 7) is 0. The number of hydrazine groups is 1. The molecule has 0 spiro atoms. The fourth-order valence-electron chi connectivity index (χ4n) is 6.53. The third-order valence-corrected chi connectivity index (χ3v) is 8.58. The van der Waals surface area contributed by atoms with E-state index in [0.29, 0.717) is 12.0 Å². The lowest BCUT2D eigenvalue weighted by Gasteiger charge is -2.32. The molecular weight excluding hydrogens is 470 g/mol. The highest BCUT2D eigenvalue weighted by molar-refractivity contribution is 6.06. The molecule has 5 rings (SSSR count). The number of aryl methyl sites for hydroxylation is 1. The van der Waals surface area contributed by atoms with Gasteiger partial charge in [-0.15, -0.1) is 0 Å². The van der Waals surface area contributed by atoms with E-state index in [2.05, 4.69) is 33.9 Å². The van der Waals surface area contributed by atoms with Crippen molar-refractivity contribution in [2.45, 2.75) is 96.3 Å². The summed E-state index contributed by atoms with van der Waals surface area (Å²) in [5.41, 5.74) is 18.5. The summed E-state index contributed by atoms with van der Waals surface area (Å²) in [5, 5.41) is 0. The molecule has 2 aromatic rings. The van der Waals surface area contributed by atoms with Crippen LogP contribution in [0.3, 0.4) is 0 Å². The highest BCUT2D eigenvalue weighted by atomic mass is 16.1. The number of amides is 1. The Morgan fingerprint density at radius 3 is 2.45 bits per heavy atom. The standard InChI is InChI=1S/C32H41N5O/c33-32(38)29-15-14-28-21-25(29)13-7-5-3-1-2-4-6-10-23-11-8-9-12-24(23)20-26-16-18-34-30-22-27(36-31(26)30)17-19-35-37-28/h14-16,18,21,23-24,35,37H,1-13,20,22H2,(H2,33,38). The Hall–Kier alpha value is -3.33. The zero-order valence-corrected chi connectivity index (χ0v) is 22.5. The molecule has 2 unspecified atom stereocenters. The second-order valence-corrected chi connectivity index (χ2v) is 11.3. The number of pyridine rings is 1. The molecule has 6 heteroatoms. The molecule has 4 N–H and O–H groups in total. The van der Waals surface area contributed by atoms with Gasteiger partial charge in [0, 0.05) is 24.2 Å². The van der Waals surface area contributed by atoms with Crippen LogP contribution in [-0.2, 0) is 19.3 Å². The van der Waals surface area contributed by atoms with Crippen LogP contribution in [0.4, 0.5) is 11.4 Å². The predicted octanol–water partition coefficient (Wildman–Crippen LogP) is 6.41. The monoisotopic (exact) mass is 511 g/mol. The molecule has 2 aliphatic heterocycles. The number of carbonyl (C=O) groups is 1. The van der Waals surface area contributed by atoms with Gasteiger partial charge in [0.1, 0.15) is 0 Å². The molecule has 38 heavy (non-hydrogen) atoms. The van der Waals surface area contributed by atoms with Gasteiger partial charge in [0.15, 0.2) is 0 Å². The number of benzene rings is 1. The molecule has 200 valence electrons. The van der Waals surface area contributed by atoms with Crippen molar-refractivity contribution in [2.75, 3.05) is 5.43 Å². The molecule has 2 atom stereocenters. The average Bonchev–Trinajstić information content (AvgIpc) is 3.34. The van der Waals surface area contributed by atoms with Crippen LogP contribution in [0.1, 0.15) is 104 Å². The zero-order valence-electron chi connectivity index (χ0n) is 22.5. The molecular formula is C32H41N5O. The van der Waals surface area contributed by atoms with Crippen molar-refractivity contribution >= 4 is 23.0 Å². The first-order valence-electron chi connectivity index (χ1n) is 14.7. The number of hydrogen-bond donors (Lipinski definition) is 3. The van der Waals surface area contributed by atoms with Crippen LogP contribution in [0, 0.1) is 23.8 Å². The minimum absolute atomic E-state index is 0.372. The quantitative estimate of drug-likeness (QED) is 0.386. The van der Waals surface area contributed by atoms with E-state index in [9.17, 15) is 4.79 Å². The summed E-state index contributed by atoms with van der Waals surface area (Å²) < 4.78 is 0. The Bertz CT molecular complexity index is 1220. The molecule has 1 amide bonds. The lowest BCUT2D eigenvalue weighted by Crippen LogP contribution is -2.21. The van der Waals surface area contributed by atoms with Crippen molar-refractivity contribution < 1.29 is 4.79 Å². The maximum Gasteiger partial charge on any atom is 0.248 e. The van der Waals surface area contributed by atoms with Crippen molar-refractivity contribution in [3.8, 4) is 12.0 Å². The van der Waals surface area contributed by atoms with E-state index in [1.807, 2.05) is 18.3 Å². The molecule has 0 saturated heterocycles. The van der Waals surface area contributed by atoms with Crippen LogP contribution < -0.4 is 16.6 Å². The SMILES string of the molecule is NC(=O)c1ccc2cc1CCCCCCCCCC1CCCCC1Cc1ccnc3c1N=C(C#CNN2)C3. The summed E-state index contributed by atoms with van der Waals surface area (Å²) >= 11 is 0. The van der Waals surface area contributed by atoms with Crippen molar-refractivity contribution in [1.29, 1.82) is 0 Å². The maximum absolute atomic E-state index is 12.0.